The van der Waals surface area contributed by atoms with Crippen LogP contribution in [0.5, 0.6) is 0 Å². The molecule has 0 aromatic heterocycles. The van der Waals surface area contributed by atoms with E-state index in [4.69, 9.17) is 11.6 Å². The molecular weight excluding hydrogens is 451 g/mol. The maximum absolute atomic E-state index is 12.1. The van der Waals surface area contributed by atoms with E-state index in [1.165, 1.54) is 0 Å². The number of aliphatic imine (C=N–C) groups is 1. The van der Waals surface area contributed by atoms with Crippen LogP contribution in [0.2, 0.25) is 5.02 Å². The van der Waals surface area contributed by atoms with Crippen LogP contribution >= 0.6 is 35.6 Å². The van der Waals surface area contributed by atoms with Crippen LogP contribution < -0.4 is 5.32 Å². The van der Waals surface area contributed by atoms with Crippen molar-refractivity contribution in [3.8, 4) is 0 Å². The quantitative estimate of drug-likeness (QED) is 0.387. The van der Waals surface area contributed by atoms with Crippen molar-refractivity contribution in [3.63, 3.8) is 0 Å². The first-order valence-electron chi connectivity index (χ1n) is 8.62. The molecule has 1 saturated heterocycles. The minimum atomic E-state index is 0. The maximum Gasteiger partial charge on any atom is 0.224 e. The summed E-state index contributed by atoms with van der Waals surface area (Å²) in [4.78, 5) is 20.7. The summed E-state index contributed by atoms with van der Waals surface area (Å²) in [5.74, 6) is 1.02. The normalized spacial score (nSPS) is 14.2. The molecule has 140 valence electrons. The highest BCUT2D eigenvalue weighted by molar-refractivity contribution is 14.0. The van der Waals surface area contributed by atoms with Gasteiger partial charge < -0.3 is 15.1 Å². The molecule has 1 aliphatic heterocycles. The van der Waals surface area contributed by atoms with Crippen LogP contribution in [0.15, 0.2) is 29.3 Å². The summed E-state index contributed by atoms with van der Waals surface area (Å²) < 4.78 is 0. The molecule has 1 fully saturated rings. The van der Waals surface area contributed by atoms with E-state index in [0.717, 1.165) is 49.0 Å². The van der Waals surface area contributed by atoms with Gasteiger partial charge in [-0.25, -0.2) is 0 Å². The number of carbonyl (C=O) groups excluding carboxylic acids is 1. The zero-order valence-corrected chi connectivity index (χ0v) is 18.1. The average Bonchev–Trinajstić information content (AvgIpc) is 3.08. The first-order valence-corrected chi connectivity index (χ1v) is 8.99. The lowest BCUT2D eigenvalue weighted by molar-refractivity contribution is -0.129. The fourth-order valence-electron chi connectivity index (χ4n) is 2.84. The number of rotatable bonds is 6. The van der Waals surface area contributed by atoms with E-state index in [-0.39, 0.29) is 29.9 Å². The number of hydrogen-bond donors (Lipinski definition) is 1. The topological polar surface area (TPSA) is 47.9 Å². The Kier molecular flexibility index (Phi) is 10.2. The van der Waals surface area contributed by atoms with Crippen LogP contribution in [0.4, 0.5) is 0 Å². The molecule has 0 atom stereocenters. The molecule has 2 rings (SSSR count). The van der Waals surface area contributed by atoms with Crippen molar-refractivity contribution < 1.29 is 4.79 Å². The number of nitrogens with one attached hydrogen (secondary N) is 1. The van der Waals surface area contributed by atoms with Gasteiger partial charge in [0.25, 0.3) is 0 Å². The van der Waals surface area contributed by atoms with E-state index in [1.54, 1.807) is 0 Å². The molecule has 0 bridgehead atoms. The van der Waals surface area contributed by atoms with E-state index >= 15 is 0 Å². The summed E-state index contributed by atoms with van der Waals surface area (Å²) in [6.45, 7) is 5.86. The molecule has 1 N–H and O–H groups in total. The number of nitrogens with zero attached hydrogens (tertiary/aromatic N) is 3. The molecule has 0 unspecified atom stereocenters. The van der Waals surface area contributed by atoms with Crippen molar-refractivity contribution in [2.45, 2.75) is 32.7 Å². The van der Waals surface area contributed by atoms with E-state index in [9.17, 15) is 4.79 Å². The molecule has 0 saturated carbocycles. The van der Waals surface area contributed by atoms with Gasteiger partial charge in [0.05, 0.1) is 6.54 Å². The van der Waals surface area contributed by atoms with Gasteiger partial charge >= 0.3 is 0 Å². The van der Waals surface area contributed by atoms with E-state index in [2.05, 4.69) is 15.2 Å². The number of benzene rings is 1. The standard InChI is InChI=1S/C18H27ClN4O.HI/c1-3-20-18(21-10-9-17(24)23-11-4-5-12-23)22(2)14-15-7-6-8-16(19)13-15;/h6-8,13H,3-5,9-12,14H2,1-2H3,(H,20,21);1H. The molecule has 5 nitrogen and oxygen atoms in total. The smallest absolute Gasteiger partial charge is 0.224 e. The number of amides is 1. The number of hydrogen-bond acceptors (Lipinski definition) is 2. The Morgan fingerprint density at radius 2 is 2.08 bits per heavy atom. The van der Waals surface area contributed by atoms with Crippen molar-refractivity contribution in [2.75, 3.05) is 33.2 Å². The minimum Gasteiger partial charge on any atom is -0.357 e. The van der Waals surface area contributed by atoms with Gasteiger partial charge in [0, 0.05) is 44.7 Å². The van der Waals surface area contributed by atoms with Crippen molar-refractivity contribution in [1.82, 2.24) is 15.1 Å². The summed E-state index contributed by atoms with van der Waals surface area (Å²) in [5, 5.41) is 4.01. The van der Waals surface area contributed by atoms with Crippen molar-refractivity contribution in [2.24, 2.45) is 4.99 Å². The van der Waals surface area contributed by atoms with Crippen LogP contribution in [0, 0.1) is 0 Å². The van der Waals surface area contributed by atoms with Crippen LogP contribution in [-0.2, 0) is 11.3 Å². The first-order chi connectivity index (χ1) is 11.6. The molecule has 0 aliphatic carbocycles. The Morgan fingerprint density at radius 1 is 1.36 bits per heavy atom. The Labute approximate surface area is 172 Å². The number of halogens is 2. The minimum absolute atomic E-state index is 0. The van der Waals surface area contributed by atoms with Gasteiger partial charge in [0.15, 0.2) is 5.96 Å². The Hall–Kier alpha value is -1.02. The second-order valence-electron chi connectivity index (χ2n) is 6.06. The molecule has 7 heteroatoms. The molecule has 1 aliphatic rings. The van der Waals surface area contributed by atoms with Gasteiger partial charge in [0.1, 0.15) is 0 Å². The molecule has 0 radical (unpaired) electrons. The monoisotopic (exact) mass is 478 g/mol. The van der Waals surface area contributed by atoms with Crippen molar-refractivity contribution in [1.29, 1.82) is 0 Å². The Bertz CT molecular complexity index is 576. The zero-order valence-electron chi connectivity index (χ0n) is 15.0. The third-order valence-electron chi connectivity index (χ3n) is 4.05. The number of likely N-dealkylation sites (tertiary alicyclic amines) is 1. The zero-order chi connectivity index (χ0) is 17.4. The molecule has 0 spiro atoms. The molecule has 1 aromatic rings. The van der Waals surface area contributed by atoms with Gasteiger partial charge in [-0.1, -0.05) is 23.7 Å². The molecule has 1 heterocycles. The highest BCUT2D eigenvalue weighted by Gasteiger charge is 2.17. The lowest BCUT2D eigenvalue weighted by atomic mass is 10.2. The second-order valence-corrected chi connectivity index (χ2v) is 6.50. The molecular formula is C18H28ClIN4O. The number of guanidine groups is 1. The van der Waals surface area contributed by atoms with Crippen LogP contribution in [-0.4, -0.2) is 54.9 Å². The van der Waals surface area contributed by atoms with Crippen LogP contribution in [0.25, 0.3) is 0 Å². The van der Waals surface area contributed by atoms with E-state index in [0.29, 0.717) is 19.5 Å². The predicted octanol–water partition coefficient (Wildman–Crippen LogP) is 3.37. The first kappa shape index (κ1) is 22.0. The summed E-state index contributed by atoms with van der Waals surface area (Å²) in [5.41, 5.74) is 1.13. The molecule has 1 aromatic carbocycles. The van der Waals surface area contributed by atoms with Gasteiger partial charge in [-0.3, -0.25) is 9.79 Å². The van der Waals surface area contributed by atoms with Crippen molar-refractivity contribution in [3.05, 3.63) is 34.9 Å². The predicted molar refractivity (Wildman–Crippen MR) is 115 cm³/mol. The lowest BCUT2D eigenvalue weighted by Crippen LogP contribution is -2.38. The summed E-state index contributed by atoms with van der Waals surface area (Å²) in [6.07, 6.45) is 2.72. The lowest BCUT2D eigenvalue weighted by Gasteiger charge is -2.22. The Morgan fingerprint density at radius 3 is 2.72 bits per heavy atom. The SMILES string of the molecule is CCNC(=NCCC(=O)N1CCCC1)N(C)Cc1cccc(Cl)c1.I. The fraction of sp³-hybridized carbons (Fsp3) is 0.556. The van der Waals surface area contributed by atoms with E-state index < -0.39 is 0 Å². The third-order valence-corrected chi connectivity index (χ3v) is 4.29. The second kappa shape index (κ2) is 11.6. The Balaban J connectivity index is 0.00000312. The van der Waals surface area contributed by atoms with Gasteiger partial charge in [-0.05, 0) is 37.5 Å². The van der Waals surface area contributed by atoms with E-state index in [1.807, 2.05) is 43.1 Å². The summed E-state index contributed by atoms with van der Waals surface area (Å²) in [6, 6.07) is 7.82. The molecule has 25 heavy (non-hydrogen) atoms. The van der Waals surface area contributed by atoms with Gasteiger partial charge in [-0.15, -0.1) is 24.0 Å². The summed E-state index contributed by atoms with van der Waals surface area (Å²) >= 11 is 6.04. The largest absolute Gasteiger partial charge is 0.357 e. The van der Waals surface area contributed by atoms with Crippen molar-refractivity contribution >= 4 is 47.4 Å². The van der Waals surface area contributed by atoms with Crippen LogP contribution in [0.1, 0.15) is 31.7 Å². The highest BCUT2D eigenvalue weighted by Crippen LogP contribution is 2.12. The third kappa shape index (κ3) is 7.40. The van der Waals surface area contributed by atoms with Gasteiger partial charge in [0.2, 0.25) is 5.91 Å². The number of carbonyl (C=O) groups is 1. The maximum atomic E-state index is 12.1. The fourth-order valence-corrected chi connectivity index (χ4v) is 3.05. The molecule has 1 amide bonds. The van der Waals surface area contributed by atoms with Crippen LogP contribution in [0.3, 0.4) is 0 Å². The highest BCUT2D eigenvalue weighted by atomic mass is 127. The average molecular weight is 479 g/mol. The summed E-state index contributed by atoms with van der Waals surface area (Å²) in [7, 11) is 1.99. The van der Waals surface area contributed by atoms with Gasteiger partial charge in [-0.2, -0.15) is 0 Å².